The summed E-state index contributed by atoms with van der Waals surface area (Å²) in [5, 5.41) is 3.52. The van der Waals surface area contributed by atoms with E-state index in [-0.39, 0.29) is 5.91 Å². The summed E-state index contributed by atoms with van der Waals surface area (Å²) >= 11 is 1.56. The fraction of sp³-hybridized carbons (Fsp3) is 0.238. The number of hydrogen-bond acceptors (Lipinski definition) is 5. The van der Waals surface area contributed by atoms with Crippen LogP contribution in [0.5, 0.6) is 0 Å². The van der Waals surface area contributed by atoms with Crippen molar-refractivity contribution in [3.8, 4) is 0 Å². The molecule has 5 nitrogen and oxygen atoms in total. The van der Waals surface area contributed by atoms with Crippen molar-refractivity contribution in [3.05, 3.63) is 76.2 Å². The minimum atomic E-state index is -0.198. The average molecular weight is 379 g/mol. The summed E-state index contributed by atoms with van der Waals surface area (Å²) in [4.78, 5) is 20.4. The molecule has 1 aliphatic heterocycles. The fourth-order valence-corrected chi connectivity index (χ4v) is 4.18. The molecular weight excluding hydrogens is 358 g/mol. The smallest absolute Gasteiger partial charge is 0.250 e. The molecule has 0 saturated heterocycles. The van der Waals surface area contributed by atoms with Gasteiger partial charge in [-0.1, -0.05) is 30.3 Å². The van der Waals surface area contributed by atoms with Crippen LogP contribution in [0.4, 0.5) is 5.13 Å². The summed E-state index contributed by atoms with van der Waals surface area (Å²) in [6.45, 7) is 4.67. The number of furan rings is 1. The van der Waals surface area contributed by atoms with Crippen molar-refractivity contribution in [1.29, 1.82) is 0 Å². The van der Waals surface area contributed by atoms with Crippen molar-refractivity contribution in [1.82, 2.24) is 9.88 Å². The monoisotopic (exact) mass is 379 g/mol. The lowest BCUT2D eigenvalue weighted by molar-refractivity contribution is -0.111. The van der Waals surface area contributed by atoms with Crippen molar-refractivity contribution in [2.45, 2.75) is 26.4 Å². The fourth-order valence-electron chi connectivity index (χ4n) is 3.13. The van der Waals surface area contributed by atoms with E-state index in [1.54, 1.807) is 17.4 Å². The van der Waals surface area contributed by atoms with E-state index in [4.69, 9.17) is 4.42 Å². The van der Waals surface area contributed by atoms with Crippen LogP contribution < -0.4 is 5.32 Å². The van der Waals surface area contributed by atoms with E-state index < -0.39 is 0 Å². The molecule has 1 aliphatic rings. The Bertz CT molecular complexity index is 959. The Morgan fingerprint density at radius 2 is 2.15 bits per heavy atom. The molecule has 138 valence electrons. The van der Waals surface area contributed by atoms with Gasteiger partial charge in [0.25, 0.3) is 0 Å². The Labute approximate surface area is 162 Å². The maximum Gasteiger partial charge on any atom is 0.250 e. The minimum absolute atomic E-state index is 0.198. The standard InChI is InChI=1S/C21H21N3O2S/c1-15-7-8-17(26-15)9-10-20(25)23-21-22-18-11-12-24(14-19(18)27-21)13-16-5-3-2-4-6-16/h2-10H,11-14H2,1H3,(H,22,23,25). The number of thiazole rings is 1. The third-order valence-corrected chi connectivity index (χ3v) is 5.45. The second kappa shape index (κ2) is 7.90. The van der Waals surface area contributed by atoms with Crippen LogP contribution in [0, 0.1) is 6.92 Å². The van der Waals surface area contributed by atoms with Crippen molar-refractivity contribution in [2.75, 3.05) is 11.9 Å². The largest absolute Gasteiger partial charge is 0.462 e. The zero-order valence-electron chi connectivity index (χ0n) is 15.1. The number of aryl methyl sites for hydroxylation is 1. The van der Waals surface area contributed by atoms with Crippen molar-refractivity contribution in [3.63, 3.8) is 0 Å². The highest BCUT2D eigenvalue weighted by Crippen LogP contribution is 2.29. The zero-order valence-corrected chi connectivity index (χ0v) is 16.0. The number of fused-ring (bicyclic) bond motifs is 1. The summed E-state index contributed by atoms with van der Waals surface area (Å²) in [5.41, 5.74) is 2.42. The van der Waals surface area contributed by atoms with Crippen LogP contribution in [0.15, 0.2) is 53.0 Å². The number of carbonyl (C=O) groups excluding carboxylic acids is 1. The van der Waals surface area contributed by atoms with Crippen molar-refractivity contribution in [2.24, 2.45) is 0 Å². The van der Waals surface area contributed by atoms with E-state index in [1.807, 2.05) is 25.1 Å². The Morgan fingerprint density at radius 3 is 2.93 bits per heavy atom. The summed E-state index contributed by atoms with van der Waals surface area (Å²) in [7, 11) is 0. The van der Waals surface area contributed by atoms with Gasteiger partial charge in [0.05, 0.1) is 5.69 Å². The Kier molecular flexibility index (Phi) is 5.18. The number of nitrogens with zero attached hydrogens (tertiary/aromatic N) is 2. The molecule has 0 saturated carbocycles. The number of amides is 1. The number of nitrogens with one attached hydrogen (secondary N) is 1. The van der Waals surface area contributed by atoms with Crippen molar-refractivity contribution < 1.29 is 9.21 Å². The first kappa shape index (κ1) is 17.7. The lowest BCUT2D eigenvalue weighted by Gasteiger charge is -2.25. The molecule has 0 aliphatic carbocycles. The predicted molar refractivity (Wildman–Crippen MR) is 107 cm³/mol. The summed E-state index contributed by atoms with van der Waals surface area (Å²) in [5.74, 6) is 1.29. The Hall–Kier alpha value is -2.70. The molecule has 4 rings (SSSR count). The zero-order chi connectivity index (χ0) is 18.6. The highest BCUT2D eigenvalue weighted by molar-refractivity contribution is 7.15. The molecule has 0 radical (unpaired) electrons. The van der Waals surface area contributed by atoms with Crippen LogP contribution in [0.3, 0.4) is 0 Å². The van der Waals surface area contributed by atoms with Crippen LogP contribution in [-0.4, -0.2) is 22.3 Å². The van der Waals surface area contributed by atoms with Crippen LogP contribution in [0.1, 0.15) is 27.7 Å². The molecule has 1 amide bonds. The minimum Gasteiger partial charge on any atom is -0.462 e. The first-order valence-corrected chi connectivity index (χ1v) is 9.78. The molecule has 6 heteroatoms. The number of hydrogen-bond donors (Lipinski definition) is 1. The molecule has 0 bridgehead atoms. The van der Waals surface area contributed by atoms with E-state index >= 15 is 0 Å². The third-order valence-electron chi connectivity index (χ3n) is 4.45. The van der Waals surface area contributed by atoms with Gasteiger partial charge in [0, 0.05) is 37.0 Å². The summed E-state index contributed by atoms with van der Waals surface area (Å²) < 4.78 is 5.43. The molecular formula is C21H21N3O2S. The van der Waals surface area contributed by atoms with Gasteiger partial charge in [0.1, 0.15) is 11.5 Å². The number of aromatic nitrogens is 1. The van der Waals surface area contributed by atoms with Crippen LogP contribution in [0.2, 0.25) is 0 Å². The molecule has 0 atom stereocenters. The third kappa shape index (κ3) is 4.53. The molecule has 0 fully saturated rings. The molecule has 1 aromatic carbocycles. The molecule has 27 heavy (non-hydrogen) atoms. The first-order chi connectivity index (χ1) is 13.2. The van der Waals surface area contributed by atoms with Gasteiger partial charge in [-0.3, -0.25) is 15.0 Å². The molecule has 3 aromatic rings. The summed E-state index contributed by atoms with van der Waals surface area (Å²) in [6.07, 6.45) is 4.05. The number of carbonyl (C=O) groups is 1. The lowest BCUT2D eigenvalue weighted by Crippen LogP contribution is -2.29. The Balaban J connectivity index is 1.36. The van der Waals surface area contributed by atoms with Crippen LogP contribution >= 0.6 is 11.3 Å². The molecule has 0 unspecified atom stereocenters. The second-order valence-electron chi connectivity index (χ2n) is 6.61. The lowest BCUT2D eigenvalue weighted by atomic mass is 10.1. The van der Waals surface area contributed by atoms with Gasteiger partial charge in [-0.15, -0.1) is 11.3 Å². The number of rotatable bonds is 5. The predicted octanol–water partition coefficient (Wildman–Crippen LogP) is 4.25. The van der Waals surface area contributed by atoms with Gasteiger partial charge in [-0.2, -0.15) is 0 Å². The van der Waals surface area contributed by atoms with Gasteiger partial charge < -0.3 is 4.42 Å². The normalized spacial score (nSPS) is 14.4. The SMILES string of the molecule is Cc1ccc(C=CC(=O)Nc2nc3c(s2)CN(Cc2ccccc2)CC3)o1. The maximum atomic E-state index is 12.1. The van der Waals surface area contributed by atoms with E-state index in [2.05, 4.69) is 39.5 Å². The van der Waals surface area contributed by atoms with Gasteiger partial charge in [-0.05, 0) is 30.7 Å². The summed E-state index contributed by atoms with van der Waals surface area (Å²) in [6, 6.07) is 14.2. The van der Waals surface area contributed by atoms with E-state index in [1.165, 1.54) is 16.5 Å². The topological polar surface area (TPSA) is 58.4 Å². The highest BCUT2D eigenvalue weighted by atomic mass is 32.1. The van der Waals surface area contributed by atoms with Gasteiger partial charge in [0.15, 0.2) is 5.13 Å². The molecule has 3 heterocycles. The highest BCUT2D eigenvalue weighted by Gasteiger charge is 2.21. The van der Waals surface area contributed by atoms with Crippen LogP contribution in [-0.2, 0) is 24.3 Å². The first-order valence-electron chi connectivity index (χ1n) is 8.96. The average Bonchev–Trinajstić information content (AvgIpc) is 3.26. The molecule has 2 aromatic heterocycles. The number of anilines is 1. The maximum absolute atomic E-state index is 12.1. The second-order valence-corrected chi connectivity index (χ2v) is 7.69. The van der Waals surface area contributed by atoms with E-state index in [0.717, 1.165) is 37.5 Å². The van der Waals surface area contributed by atoms with Gasteiger partial charge in [0.2, 0.25) is 5.91 Å². The van der Waals surface area contributed by atoms with E-state index in [9.17, 15) is 4.79 Å². The Morgan fingerprint density at radius 1 is 1.30 bits per heavy atom. The van der Waals surface area contributed by atoms with Crippen molar-refractivity contribution >= 4 is 28.5 Å². The van der Waals surface area contributed by atoms with Crippen LogP contribution in [0.25, 0.3) is 6.08 Å². The van der Waals surface area contributed by atoms with Gasteiger partial charge >= 0.3 is 0 Å². The van der Waals surface area contributed by atoms with Gasteiger partial charge in [-0.25, -0.2) is 4.98 Å². The molecule has 1 N–H and O–H groups in total. The quantitative estimate of drug-likeness (QED) is 0.673. The van der Waals surface area contributed by atoms with E-state index in [0.29, 0.717) is 10.9 Å². The molecule has 0 spiro atoms. The number of benzene rings is 1.